The van der Waals surface area contributed by atoms with Gasteiger partial charge in [-0.1, -0.05) is 18.6 Å². The van der Waals surface area contributed by atoms with E-state index in [0.29, 0.717) is 17.3 Å². The molecule has 3 rings (SSSR count). The van der Waals surface area contributed by atoms with E-state index < -0.39 is 26.7 Å². The predicted octanol–water partition coefficient (Wildman–Crippen LogP) is 3.70. The van der Waals surface area contributed by atoms with Crippen LogP contribution in [0.1, 0.15) is 30.4 Å². The second kappa shape index (κ2) is 8.03. The molecular weight excluding hydrogens is 407 g/mol. The van der Waals surface area contributed by atoms with Crippen molar-refractivity contribution in [1.82, 2.24) is 0 Å². The highest BCUT2D eigenvalue weighted by atomic mass is 32.2. The molecule has 1 fully saturated rings. The fourth-order valence-corrected chi connectivity index (χ4v) is 3.50. The average molecular weight is 427 g/mol. The molecule has 6 nitrogen and oxygen atoms in total. The number of alkyl halides is 3. The number of nitrogens with one attached hydrogen (secondary N) is 2. The monoisotopic (exact) mass is 427 g/mol. The number of anilines is 2. The molecule has 1 aliphatic carbocycles. The van der Waals surface area contributed by atoms with E-state index in [1.165, 1.54) is 0 Å². The van der Waals surface area contributed by atoms with E-state index in [0.717, 1.165) is 31.4 Å². The topological polar surface area (TPSA) is 101 Å². The van der Waals surface area contributed by atoms with E-state index in [2.05, 4.69) is 10.6 Å². The van der Waals surface area contributed by atoms with Gasteiger partial charge in [-0.15, -0.1) is 0 Å². The van der Waals surface area contributed by atoms with Crippen LogP contribution in [0, 0.1) is 5.92 Å². The van der Waals surface area contributed by atoms with Crippen LogP contribution < -0.4 is 15.8 Å². The number of sulfonamides is 1. The van der Waals surface area contributed by atoms with E-state index in [1.54, 1.807) is 24.3 Å². The highest BCUT2D eigenvalue weighted by molar-refractivity contribution is 7.89. The van der Waals surface area contributed by atoms with Crippen LogP contribution in [-0.2, 0) is 27.5 Å². The Bertz CT molecular complexity index is 1020. The smallest absolute Gasteiger partial charge is 0.380 e. The number of hydrogen-bond donors (Lipinski definition) is 3. The Hall–Kier alpha value is -2.59. The van der Waals surface area contributed by atoms with E-state index in [9.17, 15) is 26.4 Å². The van der Waals surface area contributed by atoms with Gasteiger partial charge >= 0.3 is 6.18 Å². The van der Waals surface area contributed by atoms with Gasteiger partial charge in [-0.05, 0) is 48.7 Å². The summed E-state index contributed by atoms with van der Waals surface area (Å²) < 4.78 is 62.7. The molecule has 4 N–H and O–H groups in total. The van der Waals surface area contributed by atoms with Gasteiger partial charge in [0.2, 0.25) is 15.9 Å². The molecular formula is C19H20F3N3O3S. The van der Waals surface area contributed by atoms with Crippen LogP contribution in [0.25, 0.3) is 0 Å². The molecule has 1 amide bonds. The van der Waals surface area contributed by atoms with Gasteiger partial charge in [0.05, 0.1) is 10.5 Å². The quantitative estimate of drug-likeness (QED) is 0.654. The normalized spacial score (nSPS) is 14.9. The SMILES string of the molecule is NS(=O)(=O)c1ccc(NCc2cccc(NC(=O)C3CCC3)c2)c(C(F)(F)F)c1. The number of nitrogens with two attached hydrogens (primary N) is 1. The molecule has 1 aliphatic rings. The van der Waals surface area contributed by atoms with Crippen LogP contribution in [-0.4, -0.2) is 14.3 Å². The second-order valence-corrected chi connectivity index (χ2v) is 8.48. The van der Waals surface area contributed by atoms with E-state index in [-0.39, 0.29) is 24.1 Å². The molecule has 0 radical (unpaired) electrons. The first-order chi connectivity index (χ1) is 13.5. The van der Waals surface area contributed by atoms with Gasteiger partial charge in [-0.25, -0.2) is 13.6 Å². The molecule has 29 heavy (non-hydrogen) atoms. The van der Waals surface area contributed by atoms with Crippen molar-refractivity contribution in [1.29, 1.82) is 0 Å². The molecule has 0 bridgehead atoms. The summed E-state index contributed by atoms with van der Waals surface area (Å²) in [5, 5.41) is 10.4. The van der Waals surface area contributed by atoms with Crippen molar-refractivity contribution in [2.45, 2.75) is 36.9 Å². The molecule has 0 heterocycles. The summed E-state index contributed by atoms with van der Waals surface area (Å²) >= 11 is 0. The first-order valence-electron chi connectivity index (χ1n) is 8.92. The lowest BCUT2D eigenvalue weighted by molar-refractivity contribution is -0.137. The number of amides is 1. The molecule has 1 saturated carbocycles. The fourth-order valence-electron chi connectivity index (χ4n) is 2.96. The third kappa shape index (κ3) is 5.27. The summed E-state index contributed by atoms with van der Waals surface area (Å²) in [6.45, 7) is 0.0466. The summed E-state index contributed by atoms with van der Waals surface area (Å²) in [5.74, 6) is -0.0391. The average Bonchev–Trinajstić information content (AvgIpc) is 2.57. The maximum atomic E-state index is 13.3. The summed E-state index contributed by atoms with van der Waals surface area (Å²) in [4.78, 5) is 11.4. The predicted molar refractivity (Wildman–Crippen MR) is 103 cm³/mol. The van der Waals surface area contributed by atoms with Crippen molar-refractivity contribution in [3.8, 4) is 0 Å². The van der Waals surface area contributed by atoms with Crippen LogP contribution in [0.15, 0.2) is 47.4 Å². The molecule has 0 aliphatic heterocycles. The van der Waals surface area contributed by atoms with Crippen molar-refractivity contribution in [2.75, 3.05) is 10.6 Å². The Balaban J connectivity index is 1.75. The van der Waals surface area contributed by atoms with Crippen molar-refractivity contribution in [3.05, 3.63) is 53.6 Å². The second-order valence-electron chi connectivity index (χ2n) is 6.92. The Morgan fingerprint density at radius 2 is 1.86 bits per heavy atom. The molecule has 0 saturated heterocycles. The third-order valence-corrected chi connectivity index (χ3v) is 5.69. The zero-order valence-electron chi connectivity index (χ0n) is 15.3. The minimum Gasteiger partial charge on any atom is -0.380 e. The number of carbonyl (C=O) groups excluding carboxylic acids is 1. The van der Waals surface area contributed by atoms with Crippen LogP contribution in [0.5, 0.6) is 0 Å². The van der Waals surface area contributed by atoms with Gasteiger partial charge < -0.3 is 10.6 Å². The van der Waals surface area contributed by atoms with Gasteiger partial charge in [-0.2, -0.15) is 13.2 Å². The Morgan fingerprint density at radius 3 is 2.45 bits per heavy atom. The number of rotatable bonds is 6. The first kappa shape index (κ1) is 21.1. The molecule has 156 valence electrons. The fraction of sp³-hybridized carbons (Fsp3) is 0.316. The zero-order chi connectivity index (χ0) is 21.2. The third-order valence-electron chi connectivity index (χ3n) is 4.78. The van der Waals surface area contributed by atoms with Gasteiger partial charge in [0, 0.05) is 23.8 Å². The summed E-state index contributed by atoms with van der Waals surface area (Å²) in [6, 6.07) is 9.34. The molecule has 2 aromatic carbocycles. The first-order valence-corrected chi connectivity index (χ1v) is 10.5. The summed E-state index contributed by atoms with van der Waals surface area (Å²) in [6.07, 6.45) is -2.00. The Morgan fingerprint density at radius 1 is 1.14 bits per heavy atom. The van der Waals surface area contributed by atoms with Crippen LogP contribution in [0.4, 0.5) is 24.5 Å². The van der Waals surface area contributed by atoms with Gasteiger partial charge in [-0.3, -0.25) is 4.79 Å². The van der Waals surface area contributed by atoms with Gasteiger partial charge in [0.25, 0.3) is 0 Å². The van der Waals surface area contributed by atoms with Crippen molar-refractivity contribution >= 4 is 27.3 Å². The standard InChI is InChI=1S/C19H20F3N3O3S/c20-19(21,22)16-10-15(29(23,27)28)7-8-17(16)24-11-12-3-1-6-14(9-12)25-18(26)13-4-2-5-13/h1,3,6-10,13,24H,2,4-5,11H2,(H,25,26)(H2,23,27,28). The highest BCUT2D eigenvalue weighted by Gasteiger charge is 2.34. The molecule has 10 heteroatoms. The van der Waals surface area contributed by atoms with Crippen molar-refractivity contribution in [2.24, 2.45) is 11.1 Å². The van der Waals surface area contributed by atoms with Gasteiger partial charge in [0.1, 0.15) is 0 Å². The van der Waals surface area contributed by atoms with E-state index in [4.69, 9.17) is 5.14 Å². The molecule has 0 unspecified atom stereocenters. The van der Waals surface area contributed by atoms with Crippen molar-refractivity contribution < 1.29 is 26.4 Å². The van der Waals surface area contributed by atoms with Crippen LogP contribution in [0.2, 0.25) is 0 Å². The minimum absolute atomic E-state index is 0.0171. The number of benzene rings is 2. The molecule has 2 aromatic rings. The van der Waals surface area contributed by atoms with Crippen LogP contribution >= 0.6 is 0 Å². The minimum atomic E-state index is -4.76. The van der Waals surface area contributed by atoms with Crippen LogP contribution in [0.3, 0.4) is 0 Å². The van der Waals surface area contributed by atoms with Crippen molar-refractivity contribution in [3.63, 3.8) is 0 Å². The maximum Gasteiger partial charge on any atom is 0.418 e. The number of halogens is 3. The largest absolute Gasteiger partial charge is 0.418 e. The maximum absolute atomic E-state index is 13.3. The molecule has 0 spiro atoms. The summed E-state index contributed by atoms with van der Waals surface area (Å²) in [7, 11) is -4.26. The number of hydrogen-bond acceptors (Lipinski definition) is 4. The number of primary sulfonamides is 1. The van der Waals surface area contributed by atoms with Gasteiger partial charge in [0.15, 0.2) is 0 Å². The number of carbonyl (C=O) groups is 1. The summed E-state index contributed by atoms with van der Waals surface area (Å²) in [5.41, 5.74) is -0.172. The molecule has 0 aromatic heterocycles. The molecule has 0 atom stereocenters. The lowest BCUT2D eigenvalue weighted by Gasteiger charge is -2.24. The zero-order valence-corrected chi connectivity index (χ0v) is 16.1. The Labute approximate surface area is 166 Å². The van der Waals surface area contributed by atoms with E-state index in [1.807, 2.05) is 0 Å². The Kier molecular flexibility index (Phi) is 5.85. The highest BCUT2D eigenvalue weighted by Crippen LogP contribution is 2.36. The lowest BCUT2D eigenvalue weighted by atomic mass is 9.85. The van der Waals surface area contributed by atoms with E-state index >= 15 is 0 Å². The lowest BCUT2D eigenvalue weighted by Crippen LogP contribution is -2.28.